The van der Waals surface area contributed by atoms with Crippen molar-refractivity contribution in [2.75, 3.05) is 6.61 Å². The molecule has 4 heteroatoms. The molecule has 0 saturated carbocycles. The Kier molecular flexibility index (Phi) is 4.06. The van der Waals surface area contributed by atoms with E-state index < -0.39 is 5.97 Å². The second kappa shape index (κ2) is 6.32. The number of ketones is 1. The Morgan fingerprint density at radius 2 is 1.57 bits per heavy atom. The molecule has 4 nitrogen and oxygen atoms in total. The zero-order valence-corrected chi connectivity index (χ0v) is 12.2. The minimum absolute atomic E-state index is 0.0406. The van der Waals surface area contributed by atoms with Crippen LogP contribution in [0, 0.1) is 0 Å². The van der Waals surface area contributed by atoms with Gasteiger partial charge in [-0.25, -0.2) is 4.79 Å². The van der Waals surface area contributed by atoms with Gasteiger partial charge in [-0.1, -0.05) is 48.5 Å². The van der Waals surface area contributed by atoms with Crippen molar-refractivity contribution >= 4 is 22.5 Å². The number of carbonyl (C=O) groups is 2. The molecule has 3 rings (SSSR count). The number of hydrogen-bond donors (Lipinski definition) is 1. The van der Waals surface area contributed by atoms with Crippen molar-refractivity contribution in [3.8, 4) is 5.75 Å². The van der Waals surface area contributed by atoms with Crippen molar-refractivity contribution in [1.29, 1.82) is 0 Å². The van der Waals surface area contributed by atoms with E-state index >= 15 is 0 Å². The van der Waals surface area contributed by atoms with Gasteiger partial charge in [-0.3, -0.25) is 4.79 Å². The molecule has 0 bridgehead atoms. The fourth-order valence-electron chi connectivity index (χ4n) is 2.30. The summed E-state index contributed by atoms with van der Waals surface area (Å²) in [5.41, 5.74) is 0.521. The summed E-state index contributed by atoms with van der Waals surface area (Å²) in [5.74, 6) is -1.19. The van der Waals surface area contributed by atoms with Gasteiger partial charge < -0.3 is 9.84 Å². The molecule has 0 aliphatic heterocycles. The first-order chi connectivity index (χ1) is 11.1. The number of phenolic OH excluding ortho intramolecular Hbond substituents is 1. The van der Waals surface area contributed by atoms with Gasteiger partial charge in [-0.15, -0.1) is 0 Å². The van der Waals surface area contributed by atoms with E-state index in [9.17, 15) is 14.7 Å². The van der Waals surface area contributed by atoms with Gasteiger partial charge >= 0.3 is 5.97 Å². The molecule has 0 fully saturated rings. The first-order valence-electron chi connectivity index (χ1n) is 7.12. The number of hydrogen-bond acceptors (Lipinski definition) is 4. The lowest BCUT2D eigenvalue weighted by Gasteiger charge is -2.06. The lowest BCUT2D eigenvalue weighted by Crippen LogP contribution is -2.14. The third-order valence-electron chi connectivity index (χ3n) is 3.53. The van der Waals surface area contributed by atoms with E-state index in [1.165, 1.54) is 12.1 Å². The average Bonchev–Trinajstić information content (AvgIpc) is 2.59. The van der Waals surface area contributed by atoms with E-state index in [2.05, 4.69) is 0 Å². The number of Topliss-reactive ketones (excluding diaryl/α,β-unsaturated/α-hetero) is 1. The minimum Gasteiger partial charge on any atom is -0.507 e. The summed E-state index contributed by atoms with van der Waals surface area (Å²) in [7, 11) is 0. The summed E-state index contributed by atoms with van der Waals surface area (Å²) >= 11 is 0. The van der Waals surface area contributed by atoms with Crippen molar-refractivity contribution < 1.29 is 19.4 Å². The van der Waals surface area contributed by atoms with Crippen molar-refractivity contribution in [2.24, 2.45) is 0 Å². The van der Waals surface area contributed by atoms with Gasteiger partial charge in [0, 0.05) is 5.56 Å². The zero-order chi connectivity index (χ0) is 16.2. The van der Waals surface area contributed by atoms with Crippen LogP contribution in [0.25, 0.3) is 10.8 Å². The molecular weight excluding hydrogens is 292 g/mol. The third kappa shape index (κ3) is 3.21. The third-order valence-corrected chi connectivity index (χ3v) is 3.53. The monoisotopic (exact) mass is 306 g/mol. The van der Waals surface area contributed by atoms with Crippen molar-refractivity contribution in [1.82, 2.24) is 0 Å². The molecule has 0 radical (unpaired) electrons. The first-order valence-corrected chi connectivity index (χ1v) is 7.12. The Bertz CT molecular complexity index is 883. The van der Waals surface area contributed by atoms with E-state index in [-0.39, 0.29) is 23.7 Å². The lowest BCUT2D eigenvalue weighted by molar-refractivity contribution is 0.0472. The summed E-state index contributed by atoms with van der Waals surface area (Å²) in [6.45, 7) is -0.370. The number of esters is 1. The Hall–Kier alpha value is -3.14. The predicted octanol–water partition coefficient (Wildman–Crippen LogP) is 3.59. The highest BCUT2D eigenvalue weighted by atomic mass is 16.5. The maximum atomic E-state index is 12.2. The van der Waals surface area contributed by atoms with Crippen molar-refractivity contribution in [2.45, 2.75) is 0 Å². The van der Waals surface area contributed by atoms with E-state index in [1.807, 2.05) is 30.3 Å². The Morgan fingerprint density at radius 3 is 2.35 bits per heavy atom. The molecule has 0 aliphatic rings. The van der Waals surface area contributed by atoms with Gasteiger partial charge in [0.15, 0.2) is 12.4 Å². The molecule has 3 aromatic carbocycles. The Morgan fingerprint density at radius 1 is 0.870 bits per heavy atom. The molecule has 0 spiro atoms. The fourth-order valence-corrected chi connectivity index (χ4v) is 2.30. The number of benzene rings is 3. The second-order valence-electron chi connectivity index (χ2n) is 5.08. The maximum absolute atomic E-state index is 12.2. The number of fused-ring (bicyclic) bond motifs is 1. The van der Waals surface area contributed by atoms with Gasteiger partial charge in [-0.2, -0.15) is 0 Å². The van der Waals surface area contributed by atoms with Gasteiger partial charge in [0.1, 0.15) is 11.3 Å². The van der Waals surface area contributed by atoms with Crippen LogP contribution in [-0.2, 0) is 4.74 Å². The normalized spacial score (nSPS) is 10.4. The molecule has 0 unspecified atom stereocenters. The zero-order valence-electron chi connectivity index (χ0n) is 12.2. The lowest BCUT2D eigenvalue weighted by atomic mass is 10.0. The Labute approximate surface area is 132 Å². The molecule has 0 aliphatic carbocycles. The number of para-hydroxylation sites is 1. The fraction of sp³-hybridized carbons (Fsp3) is 0.0526. The molecular formula is C19H14O4. The molecule has 0 amide bonds. The molecule has 3 aromatic rings. The molecule has 0 heterocycles. The number of carbonyl (C=O) groups excluding carboxylic acids is 2. The average molecular weight is 306 g/mol. The minimum atomic E-state index is -0.725. The van der Waals surface area contributed by atoms with Crippen LogP contribution in [0.3, 0.4) is 0 Å². The maximum Gasteiger partial charge on any atom is 0.342 e. The smallest absolute Gasteiger partial charge is 0.342 e. The van der Waals surface area contributed by atoms with Gasteiger partial charge in [0.2, 0.25) is 0 Å². The number of phenols is 1. The van der Waals surface area contributed by atoms with Crippen LogP contribution in [0.4, 0.5) is 0 Å². The summed E-state index contributed by atoms with van der Waals surface area (Å²) in [5, 5.41) is 11.6. The highest BCUT2D eigenvalue weighted by Gasteiger charge is 2.14. The van der Waals surface area contributed by atoms with Crippen LogP contribution in [0.5, 0.6) is 5.75 Å². The number of ether oxygens (including phenoxy) is 1. The van der Waals surface area contributed by atoms with Crippen LogP contribution < -0.4 is 0 Å². The van der Waals surface area contributed by atoms with E-state index in [4.69, 9.17) is 4.74 Å². The molecule has 1 N–H and O–H groups in total. The van der Waals surface area contributed by atoms with Crippen molar-refractivity contribution in [3.63, 3.8) is 0 Å². The predicted molar refractivity (Wildman–Crippen MR) is 86.7 cm³/mol. The standard InChI is InChI=1S/C19H14O4/c20-17-8-4-3-7-16(17)19(22)23-12-18(21)15-10-9-13-5-1-2-6-14(13)11-15/h1-11,20H,12H2. The number of rotatable bonds is 4. The molecule has 114 valence electrons. The van der Waals surface area contributed by atoms with Crippen LogP contribution in [0.15, 0.2) is 66.7 Å². The van der Waals surface area contributed by atoms with Crippen LogP contribution >= 0.6 is 0 Å². The first kappa shape index (κ1) is 14.8. The topological polar surface area (TPSA) is 63.6 Å². The molecule has 0 aromatic heterocycles. The summed E-state index contributed by atoms with van der Waals surface area (Å²) < 4.78 is 4.99. The van der Waals surface area contributed by atoms with Crippen LogP contribution in [0.2, 0.25) is 0 Å². The van der Waals surface area contributed by atoms with E-state index in [0.29, 0.717) is 5.56 Å². The van der Waals surface area contributed by atoms with Gasteiger partial charge in [0.05, 0.1) is 0 Å². The second-order valence-corrected chi connectivity index (χ2v) is 5.08. The van der Waals surface area contributed by atoms with E-state index in [1.54, 1.807) is 24.3 Å². The van der Waals surface area contributed by atoms with Crippen molar-refractivity contribution in [3.05, 3.63) is 77.9 Å². The van der Waals surface area contributed by atoms with Crippen LogP contribution in [0.1, 0.15) is 20.7 Å². The highest BCUT2D eigenvalue weighted by molar-refractivity contribution is 6.02. The summed E-state index contributed by atoms with van der Waals surface area (Å²) in [4.78, 5) is 24.0. The molecule has 0 saturated heterocycles. The van der Waals surface area contributed by atoms with Gasteiger partial charge in [0.25, 0.3) is 0 Å². The largest absolute Gasteiger partial charge is 0.507 e. The number of aromatic hydroxyl groups is 1. The highest BCUT2D eigenvalue weighted by Crippen LogP contribution is 2.18. The van der Waals surface area contributed by atoms with Crippen LogP contribution in [-0.4, -0.2) is 23.5 Å². The quantitative estimate of drug-likeness (QED) is 0.591. The van der Waals surface area contributed by atoms with Gasteiger partial charge in [-0.05, 0) is 29.0 Å². The summed E-state index contributed by atoms with van der Waals surface area (Å²) in [6.07, 6.45) is 0. The SMILES string of the molecule is O=C(COC(=O)c1ccccc1O)c1ccc2ccccc2c1. The molecule has 0 atom stereocenters. The Balaban J connectivity index is 1.71. The van der Waals surface area contributed by atoms with E-state index in [0.717, 1.165) is 10.8 Å². The molecule has 23 heavy (non-hydrogen) atoms. The summed E-state index contributed by atoms with van der Waals surface area (Å²) in [6, 6.07) is 19.1.